The van der Waals surface area contributed by atoms with E-state index in [1.54, 1.807) is 0 Å². The van der Waals surface area contributed by atoms with Crippen LogP contribution >= 0.6 is 22.6 Å². The molecule has 1 heterocycles. The average Bonchev–Trinajstić information content (AvgIpc) is 3.24. The molecule has 0 spiro atoms. The quantitative estimate of drug-likeness (QED) is 0.858. The third-order valence-electron chi connectivity index (χ3n) is 3.10. The molecule has 92 valence electrons. The highest BCUT2D eigenvalue weighted by atomic mass is 127. The lowest BCUT2D eigenvalue weighted by atomic mass is 10.1. The van der Waals surface area contributed by atoms with Crippen LogP contribution in [0.2, 0.25) is 0 Å². The Bertz CT molecular complexity index is 565. The molecule has 0 bridgehead atoms. The Balaban J connectivity index is 2.15. The van der Waals surface area contributed by atoms with Gasteiger partial charge in [0.05, 0.1) is 9.26 Å². The van der Waals surface area contributed by atoms with Crippen molar-refractivity contribution in [3.05, 3.63) is 39.7 Å². The van der Waals surface area contributed by atoms with Gasteiger partial charge in [-0.3, -0.25) is 0 Å². The summed E-state index contributed by atoms with van der Waals surface area (Å²) in [5.41, 5.74) is 2.19. The number of halogens is 1. The molecule has 1 aliphatic rings. The van der Waals surface area contributed by atoms with Gasteiger partial charge in [-0.05, 0) is 35.4 Å². The summed E-state index contributed by atoms with van der Waals surface area (Å²) >= 11 is 2.32. The zero-order chi connectivity index (χ0) is 12.5. The number of hydrogen-bond acceptors (Lipinski definition) is 3. The predicted octanol–water partition coefficient (Wildman–Crippen LogP) is 3.67. The minimum absolute atomic E-state index is 0.566. The molecule has 3 rings (SSSR count). The lowest BCUT2D eigenvalue weighted by molar-refractivity contribution is 0.927. The molecule has 0 atom stereocenters. The van der Waals surface area contributed by atoms with Crippen molar-refractivity contribution in [1.82, 2.24) is 9.97 Å². The van der Waals surface area contributed by atoms with Crippen molar-refractivity contribution < 1.29 is 0 Å². The number of hydrogen-bond donors (Lipinski definition) is 1. The first-order chi connectivity index (χ1) is 8.79. The fraction of sp³-hybridized carbons (Fsp3) is 0.286. The lowest BCUT2D eigenvalue weighted by Crippen LogP contribution is -2.04. The van der Waals surface area contributed by atoms with Gasteiger partial charge in [0.15, 0.2) is 0 Å². The molecule has 1 N–H and O–H groups in total. The van der Waals surface area contributed by atoms with Crippen LogP contribution in [0.15, 0.2) is 30.3 Å². The Kier molecular flexibility index (Phi) is 3.20. The zero-order valence-corrected chi connectivity index (χ0v) is 12.3. The first-order valence-corrected chi connectivity index (χ1v) is 7.18. The van der Waals surface area contributed by atoms with Gasteiger partial charge in [-0.25, -0.2) is 9.97 Å². The van der Waals surface area contributed by atoms with E-state index in [2.05, 4.69) is 45.0 Å². The van der Waals surface area contributed by atoms with E-state index in [9.17, 15) is 0 Å². The molecule has 1 fully saturated rings. The van der Waals surface area contributed by atoms with Crippen LogP contribution in [-0.2, 0) is 0 Å². The molecule has 18 heavy (non-hydrogen) atoms. The van der Waals surface area contributed by atoms with Gasteiger partial charge in [-0.2, -0.15) is 0 Å². The number of nitrogens with one attached hydrogen (secondary N) is 1. The van der Waals surface area contributed by atoms with Gasteiger partial charge < -0.3 is 5.32 Å². The van der Waals surface area contributed by atoms with Gasteiger partial charge in [0.25, 0.3) is 0 Å². The smallest absolute Gasteiger partial charge is 0.143 e. The van der Waals surface area contributed by atoms with Crippen LogP contribution in [0.1, 0.15) is 24.6 Å². The third-order valence-corrected chi connectivity index (χ3v) is 4.12. The Morgan fingerprint density at radius 2 is 1.89 bits per heavy atom. The van der Waals surface area contributed by atoms with Crippen molar-refractivity contribution in [3.8, 4) is 11.3 Å². The Labute approximate surface area is 120 Å². The molecule has 1 aromatic heterocycles. The minimum atomic E-state index is 0.566. The molecular formula is C14H14IN3. The largest absolute Gasteiger partial charge is 0.372 e. The lowest BCUT2D eigenvalue weighted by Gasteiger charge is -2.11. The molecular weight excluding hydrogens is 337 g/mol. The monoisotopic (exact) mass is 351 g/mol. The summed E-state index contributed by atoms with van der Waals surface area (Å²) in [4.78, 5) is 9.36. The van der Waals surface area contributed by atoms with Crippen molar-refractivity contribution in [2.75, 3.05) is 12.4 Å². The highest BCUT2D eigenvalue weighted by Gasteiger charge is 2.28. The molecule has 1 saturated carbocycles. The van der Waals surface area contributed by atoms with Crippen LogP contribution in [0.5, 0.6) is 0 Å². The summed E-state index contributed by atoms with van der Waals surface area (Å²) in [6, 6.07) is 10.3. The van der Waals surface area contributed by atoms with Crippen molar-refractivity contribution in [1.29, 1.82) is 0 Å². The maximum Gasteiger partial charge on any atom is 0.143 e. The van der Waals surface area contributed by atoms with E-state index in [-0.39, 0.29) is 0 Å². The summed E-state index contributed by atoms with van der Waals surface area (Å²) < 4.78 is 1.09. The van der Waals surface area contributed by atoms with Gasteiger partial charge in [0, 0.05) is 18.5 Å². The number of rotatable bonds is 3. The van der Waals surface area contributed by atoms with Crippen molar-refractivity contribution in [3.63, 3.8) is 0 Å². The molecule has 3 nitrogen and oxygen atoms in total. The van der Waals surface area contributed by atoms with Gasteiger partial charge >= 0.3 is 0 Å². The van der Waals surface area contributed by atoms with Gasteiger partial charge in [0.1, 0.15) is 11.6 Å². The Morgan fingerprint density at radius 3 is 2.50 bits per heavy atom. The highest BCUT2D eigenvalue weighted by molar-refractivity contribution is 14.1. The number of aromatic nitrogens is 2. The fourth-order valence-electron chi connectivity index (χ4n) is 1.94. The van der Waals surface area contributed by atoms with Crippen molar-refractivity contribution in [2.45, 2.75) is 18.8 Å². The first-order valence-electron chi connectivity index (χ1n) is 6.10. The normalized spacial score (nSPS) is 14.6. The molecule has 0 saturated heterocycles. The second-order valence-electron chi connectivity index (χ2n) is 4.48. The van der Waals surface area contributed by atoms with Crippen LogP contribution in [0.3, 0.4) is 0 Å². The van der Waals surface area contributed by atoms with Crippen molar-refractivity contribution >= 4 is 28.4 Å². The third kappa shape index (κ3) is 2.21. The van der Waals surface area contributed by atoms with Crippen LogP contribution in [0.25, 0.3) is 11.3 Å². The summed E-state index contributed by atoms with van der Waals surface area (Å²) in [5.74, 6) is 2.49. The second-order valence-corrected chi connectivity index (χ2v) is 5.56. The number of nitrogens with zero attached hydrogens (tertiary/aromatic N) is 2. The molecule has 0 radical (unpaired) electrons. The molecule has 0 amide bonds. The van der Waals surface area contributed by atoms with Crippen molar-refractivity contribution in [2.24, 2.45) is 0 Å². The molecule has 1 aliphatic carbocycles. The van der Waals surface area contributed by atoms with Crippen LogP contribution < -0.4 is 5.32 Å². The van der Waals surface area contributed by atoms with Gasteiger partial charge in [-0.15, -0.1) is 0 Å². The van der Waals surface area contributed by atoms with E-state index in [1.807, 2.05) is 25.2 Å². The summed E-state index contributed by atoms with van der Waals surface area (Å²) in [5, 5.41) is 3.17. The number of anilines is 1. The molecule has 1 aromatic carbocycles. The molecule has 0 unspecified atom stereocenters. The van der Waals surface area contributed by atoms with E-state index in [0.717, 1.165) is 26.5 Å². The topological polar surface area (TPSA) is 37.8 Å². The summed E-state index contributed by atoms with van der Waals surface area (Å²) in [7, 11) is 1.91. The maximum atomic E-state index is 4.75. The fourth-order valence-corrected chi connectivity index (χ4v) is 2.76. The van der Waals surface area contributed by atoms with Gasteiger partial charge in [0.2, 0.25) is 0 Å². The standard InChI is InChI=1S/C14H14IN3/c1-16-14-11(15)12(9-5-3-2-4-6-9)17-13(18-14)10-7-8-10/h2-6,10H,7-8H2,1H3,(H,16,17,18). The van der Waals surface area contributed by atoms with E-state index >= 15 is 0 Å². The van der Waals surface area contributed by atoms with E-state index in [0.29, 0.717) is 5.92 Å². The molecule has 2 aromatic rings. The highest BCUT2D eigenvalue weighted by Crippen LogP contribution is 2.40. The van der Waals surface area contributed by atoms with Crippen LogP contribution in [-0.4, -0.2) is 17.0 Å². The average molecular weight is 351 g/mol. The zero-order valence-electron chi connectivity index (χ0n) is 10.2. The summed E-state index contributed by atoms with van der Waals surface area (Å²) in [6.45, 7) is 0. The first kappa shape index (κ1) is 11.9. The number of benzene rings is 1. The second kappa shape index (κ2) is 4.84. The summed E-state index contributed by atoms with van der Waals surface area (Å²) in [6.07, 6.45) is 2.44. The minimum Gasteiger partial charge on any atom is -0.372 e. The van der Waals surface area contributed by atoms with E-state index in [4.69, 9.17) is 4.98 Å². The Morgan fingerprint density at radius 1 is 1.17 bits per heavy atom. The SMILES string of the molecule is CNc1nc(C2CC2)nc(-c2ccccc2)c1I. The van der Waals surface area contributed by atoms with E-state index in [1.165, 1.54) is 12.8 Å². The molecule has 0 aliphatic heterocycles. The Hall–Kier alpha value is -1.17. The molecule has 4 heteroatoms. The van der Waals surface area contributed by atoms with E-state index < -0.39 is 0 Å². The maximum absolute atomic E-state index is 4.75. The predicted molar refractivity (Wildman–Crippen MR) is 81.7 cm³/mol. The van der Waals surface area contributed by atoms with Crippen LogP contribution in [0.4, 0.5) is 5.82 Å². The van der Waals surface area contributed by atoms with Gasteiger partial charge in [-0.1, -0.05) is 30.3 Å². The van der Waals surface area contributed by atoms with Crippen LogP contribution in [0, 0.1) is 3.57 Å².